The lowest BCUT2D eigenvalue weighted by molar-refractivity contribution is -0.149. The Morgan fingerprint density at radius 2 is 2.30 bits per heavy atom. The topological polar surface area (TPSA) is 57.6 Å². The molecule has 2 fully saturated rings. The highest BCUT2D eigenvalue weighted by atomic mass is 79.9. The summed E-state index contributed by atoms with van der Waals surface area (Å²) in [7, 11) is 0. The Balaban J connectivity index is 1.86. The summed E-state index contributed by atoms with van der Waals surface area (Å²) in [5, 5.41) is 11.5. The van der Waals surface area contributed by atoms with E-state index in [9.17, 15) is 14.7 Å². The van der Waals surface area contributed by atoms with Crippen LogP contribution in [-0.4, -0.2) is 35.0 Å². The van der Waals surface area contributed by atoms with E-state index in [1.807, 2.05) is 12.3 Å². The van der Waals surface area contributed by atoms with Crippen LogP contribution in [0.2, 0.25) is 0 Å². The number of fused-ring (bicyclic) bond motifs is 1. The van der Waals surface area contributed by atoms with Gasteiger partial charge in [0.15, 0.2) is 0 Å². The van der Waals surface area contributed by atoms with Crippen molar-refractivity contribution in [3.8, 4) is 0 Å². The van der Waals surface area contributed by atoms with Gasteiger partial charge in [0.1, 0.15) is 4.88 Å². The molecule has 1 saturated heterocycles. The van der Waals surface area contributed by atoms with Crippen molar-refractivity contribution in [2.45, 2.75) is 26.2 Å². The Labute approximate surface area is 129 Å². The van der Waals surface area contributed by atoms with Crippen molar-refractivity contribution in [3.05, 3.63) is 20.3 Å². The number of nitrogens with zero attached hydrogens (tertiary/aromatic N) is 1. The molecular weight excluding hydrogens is 342 g/mol. The molecule has 0 spiro atoms. The van der Waals surface area contributed by atoms with E-state index in [0.29, 0.717) is 24.4 Å². The highest BCUT2D eigenvalue weighted by Gasteiger charge is 2.56. The molecule has 0 radical (unpaired) electrons. The number of thiophene rings is 1. The van der Waals surface area contributed by atoms with Crippen LogP contribution in [0.25, 0.3) is 0 Å². The first-order valence-electron chi connectivity index (χ1n) is 6.72. The Hall–Kier alpha value is -0.880. The van der Waals surface area contributed by atoms with Crippen LogP contribution < -0.4 is 0 Å². The minimum Gasteiger partial charge on any atom is -0.481 e. The molecule has 2 atom stereocenters. The van der Waals surface area contributed by atoms with E-state index >= 15 is 0 Å². The van der Waals surface area contributed by atoms with E-state index < -0.39 is 11.4 Å². The number of carbonyl (C=O) groups excluding carboxylic acids is 1. The fraction of sp³-hybridized carbons (Fsp3) is 0.571. The highest BCUT2D eigenvalue weighted by Crippen LogP contribution is 2.49. The van der Waals surface area contributed by atoms with Crippen LogP contribution in [0.4, 0.5) is 0 Å². The number of likely N-dealkylation sites (tertiary alicyclic amines) is 1. The number of carbonyl (C=O) groups is 2. The second-order valence-electron chi connectivity index (χ2n) is 5.80. The molecule has 1 saturated carbocycles. The van der Waals surface area contributed by atoms with Gasteiger partial charge in [0.2, 0.25) is 0 Å². The summed E-state index contributed by atoms with van der Waals surface area (Å²) in [6.07, 6.45) is 2.57. The molecule has 1 aliphatic carbocycles. The molecule has 1 amide bonds. The van der Waals surface area contributed by atoms with E-state index in [2.05, 4.69) is 15.9 Å². The number of carboxylic acid groups (broad SMARTS) is 1. The summed E-state index contributed by atoms with van der Waals surface area (Å²) in [6, 6.07) is 0. The number of halogens is 1. The van der Waals surface area contributed by atoms with Crippen LogP contribution in [0.15, 0.2) is 9.85 Å². The molecule has 4 nitrogen and oxygen atoms in total. The van der Waals surface area contributed by atoms with Gasteiger partial charge in [0.05, 0.1) is 5.41 Å². The number of amides is 1. The highest BCUT2D eigenvalue weighted by molar-refractivity contribution is 9.10. The van der Waals surface area contributed by atoms with Crippen molar-refractivity contribution in [3.63, 3.8) is 0 Å². The monoisotopic (exact) mass is 357 g/mol. The van der Waals surface area contributed by atoms with Crippen molar-refractivity contribution >= 4 is 39.1 Å². The Morgan fingerprint density at radius 1 is 1.55 bits per heavy atom. The first-order valence-corrected chi connectivity index (χ1v) is 8.39. The van der Waals surface area contributed by atoms with Crippen molar-refractivity contribution in [1.29, 1.82) is 0 Å². The number of hydrogen-bond acceptors (Lipinski definition) is 3. The fourth-order valence-corrected chi connectivity index (χ4v) is 5.13. The van der Waals surface area contributed by atoms with E-state index in [4.69, 9.17) is 0 Å². The quantitative estimate of drug-likeness (QED) is 0.884. The van der Waals surface area contributed by atoms with E-state index in [1.54, 1.807) is 4.90 Å². The van der Waals surface area contributed by atoms with Gasteiger partial charge in [0, 0.05) is 17.6 Å². The summed E-state index contributed by atoms with van der Waals surface area (Å²) >= 11 is 4.87. The third-order valence-corrected chi connectivity index (χ3v) is 7.05. The van der Waals surface area contributed by atoms with Crippen LogP contribution >= 0.6 is 27.3 Å². The molecule has 2 aliphatic rings. The molecule has 1 aromatic rings. The average Bonchev–Trinajstić information content (AvgIpc) is 3.03. The van der Waals surface area contributed by atoms with Crippen LogP contribution in [0.1, 0.15) is 34.5 Å². The Morgan fingerprint density at radius 3 is 2.85 bits per heavy atom. The van der Waals surface area contributed by atoms with Crippen molar-refractivity contribution < 1.29 is 14.7 Å². The third-order valence-electron chi connectivity index (χ3n) is 4.68. The molecule has 1 N–H and O–H groups in total. The Kier molecular flexibility index (Phi) is 3.41. The van der Waals surface area contributed by atoms with Gasteiger partial charge in [-0.25, -0.2) is 0 Å². The number of hydrogen-bond donors (Lipinski definition) is 1. The predicted molar refractivity (Wildman–Crippen MR) is 80.1 cm³/mol. The predicted octanol–water partition coefficient (Wildman–Crippen LogP) is 3.15. The molecular formula is C14H16BrNO3S. The lowest BCUT2D eigenvalue weighted by atomic mass is 9.81. The maximum absolute atomic E-state index is 12.6. The van der Waals surface area contributed by atoms with Crippen LogP contribution in [0, 0.1) is 18.3 Å². The molecule has 6 heteroatoms. The third kappa shape index (κ3) is 1.92. The van der Waals surface area contributed by atoms with E-state index in [0.717, 1.165) is 22.9 Å². The van der Waals surface area contributed by atoms with Crippen molar-refractivity contribution in [2.75, 3.05) is 13.1 Å². The number of rotatable bonds is 2. The normalized spacial score (nSPS) is 28.7. The first-order chi connectivity index (χ1) is 9.45. The lowest BCUT2D eigenvalue weighted by Crippen LogP contribution is -2.37. The zero-order valence-corrected chi connectivity index (χ0v) is 13.6. The minimum atomic E-state index is -0.739. The molecule has 1 aliphatic heterocycles. The SMILES string of the molecule is Cc1csc(C(=O)N2C[C@@H]3CCC[C@@]3(C(=O)O)C2)c1Br. The van der Waals surface area contributed by atoms with Gasteiger partial charge in [-0.05, 0) is 52.6 Å². The largest absolute Gasteiger partial charge is 0.481 e. The van der Waals surface area contributed by atoms with Crippen LogP contribution in [-0.2, 0) is 4.79 Å². The zero-order chi connectivity index (χ0) is 14.5. The van der Waals surface area contributed by atoms with Gasteiger partial charge >= 0.3 is 5.97 Å². The lowest BCUT2D eigenvalue weighted by Gasteiger charge is -2.23. The van der Waals surface area contributed by atoms with Crippen molar-refractivity contribution in [2.24, 2.45) is 11.3 Å². The average molecular weight is 358 g/mol. The van der Waals surface area contributed by atoms with Gasteiger partial charge in [-0.2, -0.15) is 0 Å². The van der Waals surface area contributed by atoms with E-state index in [-0.39, 0.29) is 11.8 Å². The Bertz CT molecular complexity index is 585. The fourth-order valence-electron chi connectivity index (χ4n) is 3.51. The molecule has 0 bridgehead atoms. The van der Waals surface area contributed by atoms with Gasteiger partial charge in [-0.15, -0.1) is 11.3 Å². The summed E-state index contributed by atoms with van der Waals surface area (Å²) in [5.41, 5.74) is 0.347. The molecule has 0 aromatic carbocycles. The summed E-state index contributed by atoms with van der Waals surface area (Å²) in [5.74, 6) is -0.662. The second-order valence-corrected chi connectivity index (χ2v) is 7.47. The number of aryl methyl sites for hydroxylation is 1. The smallest absolute Gasteiger partial charge is 0.311 e. The molecule has 0 unspecified atom stereocenters. The molecule has 20 heavy (non-hydrogen) atoms. The van der Waals surface area contributed by atoms with Crippen LogP contribution in [0.3, 0.4) is 0 Å². The minimum absolute atomic E-state index is 0.0370. The second kappa shape index (κ2) is 4.84. The summed E-state index contributed by atoms with van der Waals surface area (Å²) in [4.78, 5) is 26.6. The van der Waals surface area contributed by atoms with E-state index in [1.165, 1.54) is 11.3 Å². The summed E-state index contributed by atoms with van der Waals surface area (Å²) in [6.45, 7) is 2.89. The maximum Gasteiger partial charge on any atom is 0.311 e. The first kappa shape index (κ1) is 14.1. The molecule has 3 rings (SSSR count). The van der Waals surface area contributed by atoms with Gasteiger partial charge in [-0.3, -0.25) is 9.59 Å². The maximum atomic E-state index is 12.6. The van der Waals surface area contributed by atoms with Gasteiger partial charge < -0.3 is 10.0 Å². The zero-order valence-electron chi connectivity index (χ0n) is 11.2. The number of aliphatic carboxylic acids is 1. The van der Waals surface area contributed by atoms with Gasteiger partial charge in [0.25, 0.3) is 5.91 Å². The molecule has 1 aromatic heterocycles. The standard InChI is InChI=1S/C14H16BrNO3S/c1-8-6-20-11(10(8)15)12(17)16-5-9-3-2-4-14(9,7-16)13(18)19/h6,9H,2-5,7H2,1H3,(H,18,19)/t9-,14+/m0/s1. The molecule has 108 valence electrons. The van der Waals surface area contributed by atoms with Gasteiger partial charge in [-0.1, -0.05) is 6.42 Å². The van der Waals surface area contributed by atoms with Crippen LogP contribution in [0.5, 0.6) is 0 Å². The summed E-state index contributed by atoms with van der Waals surface area (Å²) < 4.78 is 0.842. The molecule has 2 heterocycles. The van der Waals surface area contributed by atoms with Crippen molar-refractivity contribution in [1.82, 2.24) is 4.90 Å². The number of carboxylic acids is 1.